The number of para-hydroxylation sites is 1. The highest BCUT2D eigenvalue weighted by molar-refractivity contribution is 7.17. The van der Waals surface area contributed by atoms with Crippen LogP contribution in [0, 0.1) is 6.92 Å². The van der Waals surface area contributed by atoms with Crippen molar-refractivity contribution in [3.63, 3.8) is 0 Å². The lowest BCUT2D eigenvalue weighted by molar-refractivity contribution is -0.135. The number of aromatic nitrogens is 2. The molecule has 3 aromatic rings. The van der Waals surface area contributed by atoms with Gasteiger partial charge in [0.05, 0.1) is 11.2 Å². The number of amides is 1. The number of hydrogen-bond donors (Lipinski definition) is 0. The molecule has 4 rings (SSSR count). The SMILES string of the molecule is CC[C@H]1CCCCN1C(=O)Cn1c(=O)n(-c2ccccc2C)c(=O)c2sccc21. The first-order valence-corrected chi connectivity index (χ1v) is 11.0. The summed E-state index contributed by atoms with van der Waals surface area (Å²) in [6, 6.07) is 9.30. The molecule has 0 N–H and O–H groups in total. The molecular weight excluding hydrogens is 386 g/mol. The first-order valence-electron chi connectivity index (χ1n) is 10.1. The molecule has 1 aromatic carbocycles. The van der Waals surface area contributed by atoms with Gasteiger partial charge in [-0.3, -0.25) is 14.2 Å². The van der Waals surface area contributed by atoms with Gasteiger partial charge in [-0.2, -0.15) is 0 Å². The van der Waals surface area contributed by atoms with Crippen molar-refractivity contribution < 1.29 is 4.79 Å². The second-order valence-electron chi connectivity index (χ2n) is 7.58. The zero-order chi connectivity index (χ0) is 20.5. The minimum absolute atomic E-state index is 0.0469. The standard InChI is InChI=1S/C22H25N3O3S/c1-3-16-9-6-7-12-23(16)19(26)14-24-18-11-13-29-20(18)21(27)25(22(24)28)17-10-5-4-8-15(17)2/h4-5,8,10-11,13,16H,3,6-7,9,12,14H2,1-2H3/t16-/m0/s1. The maximum atomic E-state index is 13.4. The lowest BCUT2D eigenvalue weighted by Crippen LogP contribution is -2.47. The number of rotatable bonds is 4. The Kier molecular flexibility index (Phi) is 5.41. The van der Waals surface area contributed by atoms with Gasteiger partial charge in [-0.25, -0.2) is 9.36 Å². The number of aryl methyl sites for hydroxylation is 1. The fraction of sp³-hybridized carbons (Fsp3) is 0.409. The van der Waals surface area contributed by atoms with E-state index in [0.717, 1.165) is 37.8 Å². The van der Waals surface area contributed by atoms with Crippen LogP contribution in [-0.2, 0) is 11.3 Å². The molecule has 3 heterocycles. The summed E-state index contributed by atoms with van der Waals surface area (Å²) in [6.45, 7) is 4.65. The molecule has 6 nitrogen and oxygen atoms in total. The normalized spacial score (nSPS) is 17.0. The van der Waals surface area contributed by atoms with E-state index in [1.807, 2.05) is 30.0 Å². The van der Waals surface area contributed by atoms with Crippen molar-refractivity contribution in [2.24, 2.45) is 0 Å². The van der Waals surface area contributed by atoms with E-state index in [1.165, 1.54) is 20.5 Å². The number of likely N-dealkylation sites (tertiary alicyclic amines) is 1. The third-order valence-electron chi connectivity index (χ3n) is 5.82. The molecule has 29 heavy (non-hydrogen) atoms. The average Bonchev–Trinajstić information content (AvgIpc) is 3.22. The molecule has 1 aliphatic rings. The Morgan fingerprint density at radius 3 is 2.72 bits per heavy atom. The van der Waals surface area contributed by atoms with Crippen LogP contribution in [0.3, 0.4) is 0 Å². The van der Waals surface area contributed by atoms with Crippen LogP contribution in [0.5, 0.6) is 0 Å². The van der Waals surface area contributed by atoms with E-state index in [0.29, 0.717) is 15.9 Å². The van der Waals surface area contributed by atoms with E-state index >= 15 is 0 Å². The van der Waals surface area contributed by atoms with Crippen molar-refractivity contribution >= 4 is 27.5 Å². The van der Waals surface area contributed by atoms with Crippen LogP contribution in [-0.4, -0.2) is 32.5 Å². The molecule has 1 amide bonds. The molecule has 0 unspecified atom stereocenters. The van der Waals surface area contributed by atoms with Crippen molar-refractivity contribution in [2.75, 3.05) is 6.54 Å². The topological polar surface area (TPSA) is 64.3 Å². The summed E-state index contributed by atoms with van der Waals surface area (Å²) in [4.78, 5) is 41.5. The molecule has 0 bridgehead atoms. The zero-order valence-corrected chi connectivity index (χ0v) is 17.6. The van der Waals surface area contributed by atoms with Crippen LogP contribution < -0.4 is 11.2 Å². The Balaban J connectivity index is 1.84. The summed E-state index contributed by atoms with van der Waals surface area (Å²) in [5.41, 5.74) is 1.13. The monoisotopic (exact) mass is 411 g/mol. The highest BCUT2D eigenvalue weighted by Gasteiger charge is 2.27. The lowest BCUT2D eigenvalue weighted by Gasteiger charge is -2.35. The summed E-state index contributed by atoms with van der Waals surface area (Å²) in [5, 5.41) is 1.80. The first kappa shape index (κ1) is 19.6. The van der Waals surface area contributed by atoms with Gasteiger partial charge >= 0.3 is 5.69 Å². The van der Waals surface area contributed by atoms with Gasteiger partial charge < -0.3 is 4.90 Å². The van der Waals surface area contributed by atoms with Gasteiger partial charge in [0.25, 0.3) is 5.56 Å². The molecule has 1 aliphatic heterocycles. The summed E-state index contributed by atoms with van der Waals surface area (Å²) in [7, 11) is 0. The van der Waals surface area contributed by atoms with Crippen LogP contribution in [0.25, 0.3) is 15.9 Å². The van der Waals surface area contributed by atoms with E-state index in [2.05, 4.69) is 6.92 Å². The molecule has 0 saturated carbocycles. The van der Waals surface area contributed by atoms with Crippen LogP contribution in [0.1, 0.15) is 38.2 Å². The van der Waals surface area contributed by atoms with Crippen molar-refractivity contribution in [3.05, 3.63) is 62.1 Å². The summed E-state index contributed by atoms with van der Waals surface area (Å²) in [5.74, 6) is -0.0545. The van der Waals surface area contributed by atoms with Crippen LogP contribution in [0.2, 0.25) is 0 Å². The maximum absolute atomic E-state index is 13.4. The molecule has 2 aromatic heterocycles. The van der Waals surface area contributed by atoms with Gasteiger partial charge in [-0.15, -0.1) is 11.3 Å². The molecule has 7 heteroatoms. The Labute approximate surface area is 173 Å². The number of carbonyl (C=O) groups is 1. The lowest BCUT2D eigenvalue weighted by atomic mass is 10.00. The summed E-state index contributed by atoms with van der Waals surface area (Å²) >= 11 is 1.30. The fourth-order valence-corrected chi connectivity index (χ4v) is 5.07. The third-order valence-corrected chi connectivity index (χ3v) is 6.71. The highest BCUT2D eigenvalue weighted by Crippen LogP contribution is 2.21. The van der Waals surface area contributed by atoms with Gasteiger partial charge in [-0.05, 0) is 55.7 Å². The van der Waals surface area contributed by atoms with Crippen molar-refractivity contribution in [3.8, 4) is 5.69 Å². The Bertz CT molecular complexity index is 1170. The average molecular weight is 412 g/mol. The largest absolute Gasteiger partial charge is 0.338 e. The van der Waals surface area contributed by atoms with Crippen LogP contribution in [0.15, 0.2) is 45.3 Å². The van der Waals surface area contributed by atoms with Gasteiger partial charge in [-0.1, -0.05) is 25.1 Å². The number of carbonyl (C=O) groups excluding carboxylic acids is 1. The van der Waals surface area contributed by atoms with Gasteiger partial charge in [0.2, 0.25) is 5.91 Å². The Morgan fingerprint density at radius 2 is 1.97 bits per heavy atom. The van der Waals surface area contributed by atoms with E-state index in [9.17, 15) is 14.4 Å². The Morgan fingerprint density at radius 1 is 1.17 bits per heavy atom. The predicted octanol–water partition coefficient (Wildman–Crippen LogP) is 3.31. The Hall–Kier alpha value is -2.67. The number of nitrogens with zero attached hydrogens (tertiary/aromatic N) is 3. The number of hydrogen-bond acceptors (Lipinski definition) is 4. The molecule has 0 aliphatic carbocycles. The summed E-state index contributed by atoms with van der Waals surface area (Å²) in [6.07, 6.45) is 4.05. The minimum Gasteiger partial charge on any atom is -0.338 e. The third kappa shape index (κ3) is 3.44. The molecular formula is C22H25N3O3S. The van der Waals surface area contributed by atoms with Gasteiger partial charge in [0.15, 0.2) is 0 Å². The zero-order valence-electron chi connectivity index (χ0n) is 16.8. The van der Waals surface area contributed by atoms with Gasteiger partial charge in [0, 0.05) is 12.6 Å². The van der Waals surface area contributed by atoms with E-state index in [1.54, 1.807) is 17.5 Å². The number of benzene rings is 1. The molecule has 152 valence electrons. The van der Waals surface area contributed by atoms with Crippen molar-refractivity contribution in [1.82, 2.24) is 14.0 Å². The van der Waals surface area contributed by atoms with Gasteiger partial charge in [0.1, 0.15) is 11.2 Å². The second kappa shape index (κ2) is 7.99. The predicted molar refractivity (Wildman–Crippen MR) is 116 cm³/mol. The molecule has 0 radical (unpaired) electrons. The van der Waals surface area contributed by atoms with E-state index < -0.39 is 5.69 Å². The van der Waals surface area contributed by atoms with Crippen molar-refractivity contribution in [2.45, 2.75) is 52.1 Å². The maximum Gasteiger partial charge on any atom is 0.336 e. The number of piperidine rings is 1. The van der Waals surface area contributed by atoms with Crippen LogP contribution in [0.4, 0.5) is 0 Å². The minimum atomic E-state index is -0.464. The first-order chi connectivity index (χ1) is 14.0. The molecule has 1 fully saturated rings. The molecule has 1 saturated heterocycles. The number of thiophene rings is 1. The van der Waals surface area contributed by atoms with Crippen molar-refractivity contribution in [1.29, 1.82) is 0 Å². The summed E-state index contributed by atoms with van der Waals surface area (Å²) < 4.78 is 3.16. The number of fused-ring (bicyclic) bond motifs is 1. The fourth-order valence-electron chi connectivity index (χ4n) is 4.25. The second-order valence-corrected chi connectivity index (χ2v) is 8.49. The molecule has 1 atom stereocenters. The van der Waals surface area contributed by atoms with E-state index in [-0.39, 0.29) is 24.1 Å². The highest BCUT2D eigenvalue weighted by atomic mass is 32.1. The van der Waals surface area contributed by atoms with E-state index in [4.69, 9.17) is 0 Å². The smallest absolute Gasteiger partial charge is 0.336 e. The molecule has 0 spiro atoms. The quantitative estimate of drug-likeness (QED) is 0.662. The van der Waals surface area contributed by atoms with Crippen LogP contribution >= 0.6 is 11.3 Å².